The predicted molar refractivity (Wildman–Crippen MR) is 73.4 cm³/mol. The Labute approximate surface area is 114 Å². The number of hydrogen-bond acceptors (Lipinski definition) is 3. The quantitative estimate of drug-likeness (QED) is 0.900. The van der Waals surface area contributed by atoms with Crippen LogP contribution in [0.4, 0.5) is 4.79 Å². The zero-order valence-electron chi connectivity index (χ0n) is 11.6. The Bertz CT molecular complexity index is 443. The molecule has 0 aliphatic rings. The van der Waals surface area contributed by atoms with Crippen LogP contribution in [0, 0.1) is 11.3 Å². The van der Waals surface area contributed by atoms with Gasteiger partial charge in [-0.25, -0.2) is 4.79 Å². The first-order chi connectivity index (χ1) is 8.92. The van der Waals surface area contributed by atoms with Crippen LogP contribution in [0.15, 0.2) is 30.3 Å². The number of alkyl carbamates (subject to hydrolysis) is 1. The Kier molecular flexibility index (Phi) is 5.37. The van der Waals surface area contributed by atoms with Crippen LogP contribution >= 0.6 is 0 Å². The lowest BCUT2D eigenvalue weighted by molar-refractivity contribution is 0.0501. The average Bonchev–Trinajstić information content (AvgIpc) is 2.33. The average molecular weight is 260 g/mol. The molecule has 4 nitrogen and oxygen atoms in total. The van der Waals surface area contributed by atoms with E-state index in [0.29, 0.717) is 12.8 Å². The molecule has 1 N–H and O–H groups in total. The topological polar surface area (TPSA) is 62.1 Å². The number of benzene rings is 1. The number of amides is 1. The summed E-state index contributed by atoms with van der Waals surface area (Å²) in [6, 6.07) is 11.5. The number of hydrogen-bond donors (Lipinski definition) is 1. The van der Waals surface area contributed by atoms with Gasteiger partial charge in [0.2, 0.25) is 0 Å². The number of nitriles is 1. The first-order valence-corrected chi connectivity index (χ1v) is 6.34. The Balaban J connectivity index is 2.71. The van der Waals surface area contributed by atoms with Gasteiger partial charge in [-0.15, -0.1) is 0 Å². The van der Waals surface area contributed by atoms with E-state index >= 15 is 0 Å². The summed E-state index contributed by atoms with van der Waals surface area (Å²) in [7, 11) is 0. The van der Waals surface area contributed by atoms with E-state index in [0.717, 1.165) is 5.56 Å². The van der Waals surface area contributed by atoms with Crippen molar-refractivity contribution in [2.45, 2.75) is 45.3 Å². The standard InChI is InChI=1S/C15H20N2O2/c1-15(2,3)19-14(18)17-13(10-7-11-16)12-8-5-4-6-9-12/h4-6,8-9,13H,7,10H2,1-3H3,(H,17,18). The van der Waals surface area contributed by atoms with Gasteiger partial charge in [-0.3, -0.25) is 0 Å². The van der Waals surface area contributed by atoms with E-state index in [1.165, 1.54) is 0 Å². The summed E-state index contributed by atoms with van der Waals surface area (Å²) >= 11 is 0. The van der Waals surface area contributed by atoms with Gasteiger partial charge in [-0.1, -0.05) is 30.3 Å². The van der Waals surface area contributed by atoms with Crippen LogP contribution in [0.2, 0.25) is 0 Å². The monoisotopic (exact) mass is 260 g/mol. The van der Waals surface area contributed by atoms with Crippen molar-refractivity contribution in [1.29, 1.82) is 5.26 Å². The Morgan fingerprint density at radius 2 is 2.00 bits per heavy atom. The molecule has 0 spiro atoms. The first kappa shape index (κ1) is 15.0. The molecule has 0 fully saturated rings. The Morgan fingerprint density at radius 1 is 1.37 bits per heavy atom. The second kappa shape index (κ2) is 6.79. The molecule has 0 radical (unpaired) electrons. The molecule has 0 aliphatic carbocycles. The van der Waals surface area contributed by atoms with E-state index in [-0.39, 0.29) is 6.04 Å². The van der Waals surface area contributed by atoms with Crippen LogP contribution in [-0.4, -0.2) is 11.7 Å². The summed E-state index contributed by atoms with van der Waals surface area (Å²) in [5.74, 6) is 0. The summed E-state index contributed by atoms with van der Waals surface area (Å²) in [4.78, 5) is 11.8. The molecule has 0 saturated heterocycles. The van der Waals surface area contributed by atoms with Crippen LogP contribution in [0.25, 0.3) is 0 Å². The third kappa shape index (κ3) is 5.91. The summed E-state index contributed by atoms with van der Waals surface area (Å²) in [6.45, 7) is 5.46. The van der Waals surface area contributed by atoms with Crippen LogP contribution in [-0.2, 0) is 4.74 Å². The number of ether oxygens (including phenoxy) is 1. The van der Waals surface area contributed by atoms with Crippen molar-refractivity contribution in [1.82, 2.24) is 5.32 Å². The van der Waals surface area contributed by atoms with Crippen molar-refractivity contribution in [2.75, 3.05) is 0 Å². The fraction of sp³-hybridized carbons (Fsp3) is 0.467. The van der Waals surface area contributed by atoms with Crippen molar-refractivity contribution >= 4 is 6.09 Å². The van der Waals surface area contributed by atoms with E-state index in [9.17, 15) is 4.79 Å². The van der Waals surface area contributed by atoms with Crippen LogP contribution < -0.4 is 5.32 Å². The number of carbonyl (C=O) groups is 1. The molecule has 19 heavy (non-hydrogen) atoms. The molecule has 0 saturated carbocycles. The fourth-order valence-electron chi connectivity index (χ4n) is 1.67. The maximum atomic E-state index is 11.8. The molecule has 0 aliphatic heterocycles. The van der Waals surface area contributed by atoms with Gasteiger partial charge in [0, 0.05) is 6.42 Å². The van der Waals surface area contributed by atoms with Gasteiger partial charge < -0.3 is 10.1 Å². The maximum Gasteiger partial charge on any atom is 0.408 e. The highest BCUT2D eigenvalue weighted by Gasteiger charge is 2.20. The molecule has 1 aromatic carbocycles. The van der Waals surface area contributed by atoms with E-state index in [4.69, 9.17) is 10.00 Å². The van der Waals surface area contributed by atoms with Gasteiger partial charge in [-0.05, 0) is 32.8 Å². The number of carbonyl (C=O) groups excluding carboxylic acids is 1. The predicted octanol–water partition coefficient (Wildman–Crippen LogP) is 3.56. The van der Waals surface area contributed by atoms with Crippen molar-refractivity contribution in [3.05, 3.63) is 35.9 Å². The lowest BCUT2D eigenvalue weighted by atomic mass is 10.0. The summed E-state index contributed by atoms with van der Waals surface area (Å²) in [5.41, 5.74) is 0.448. The molecule has 102 valence electrons. The summed E-state index contributed by atoms with van der Waals surface area (Å²) in [6.07, 6.45) is 0.494. The van der Waals surface area contributed by atoms with Gasteiger partial charge in [0.05, 0.1) is 12.1 Å². The van der Waals surface area contributed by atoms with E-state index in [2.05, 4.69) is 11.4 Å². The normalized spacial score (nSPS) is 12.3. The van der Waals surface area contributed by atoms with Crippen LogP contribution in [0.5, 0.6) is 0 Å². The van der Waals surface area contributed by atoms with E-state index < -0.39 is 11.7 Å². The van der Waals surface area contributed by atoms with Crippen molar-refractivity contribution < 1.29 is 9.53 Å². The van der Waals surface area contributed by atoms with Gasteiger partial charge in [0.1, 0.15) is 5.60 Å². The minimum Gasteiger partial charge on any atom is -0.444 e. The van der Waals surface area contributed by atoms with Crippen molar-refractivity contribution in [3.8, 4) is 6.07 Å². The highest BCUT2D eigenvalue weighted by Crippen LogP contribution is 2.19. The molecule has 1 aromatic rings. The van der Waals surface area contributed by atoms with Gasteiger partial charge >= 0.3 is 6.09 Å². The highest BCUT2D eigenvalue weighted by atomic mass is 16.6. The molecule has 0 bridgehead atoms. The third-order valence-electron chi connectivity index (χ3n) is 2.44. The summed E-state index contributed by atoms with van der Waals surface area (Å²) in [5, 5.41) is 11.5. The van der Waals surface area contributed by atoms with Crippen molar-refractivity contribution in [2.24, 2.45) is 0 Å². The second-order valence-electron chi connectivity index (χ2n) is 5.31. The molecule has 0 heterocycles. The van der Waals surface area contributed by atoms with Crippen LogP contribution in [0.3, 0.4) is 0 Å². The number of nitrogens with one attached hydrogen (secondary N) is 1. The molecular weight excluding hydrogens is 240 g/mol. The molecular formula is C15H20N2O2. The minimum absolute atomic E-state index is 0.198. The Morgan fingerprint density at radius 3 is 2.53 bits per heavy atom. The fourth-order valence-corrected chi connectivity index (χ4v) is 1.67. The SMILES string of the molecule is CC(C)(C)OC(=O)NC(CCC#N)c1ccccc1. The largest absolute Gasteiger partial charge is 0.444 e. The zero-order valence-corrected chi connectivity index (χ0v) is 11.6. The number of rotatable bonds is 4. The van der Waals surface area contributed by atoms with Gasteiger partial charge in [0.25, 0.3) is 0 Å². The first-order valence-electron chi connectivity index (χ1n) is 6.34. The molecule has 4 heteroatoms. The minimum atomic E-state index is -0.527. The lowest BCUT2D eigenvalue weighted by Crippen LogP contribution is -2.35. The Hall–Kier alpha value is -2.02. The lowest BCUT2D eigenvalue weighted by Gasteiger charge is -2.23. The maximum absolute atomic E-state index is 11.8. The summed E-state index contributed by atoms with van der Waals surface area (Å²) < 4.78 is 5.24. The molecule has 1 amide bonds. The van der Waals surface area contributed by atoms with Gasteiger partial charge in [-0.2, -0.15) is 5.26 Å². The number of nitrogens with zero attached hydrogens (tertiary/aromatic N) is 1. The molecule has 1 atom stereocenters. The highest BCUT2D eigenvalue weighted by molar-refractivity contribution is 5.68. The smallest absolute Gasteiger partial charge is 0.408 e. The van der Waals surface area contributed by atoms with E-state index in [1.807, 2.05) is 51.1 Å². The molecule has 1 unspecified atom stereocenters. The molecule has 1 rings (SSSR count). The molecule has 0 aromatic heterocycles. The van der Waals surface area contributed by atoms with Crippen molar-refractivity contribution in [3.63, 3.8) is 0 Å². The van der Waals surface area contributed by atoms with Gasteiger partial charge in [0.15, 0.2) is 0 Å². The third-order valence-corrected chi connectivity index (χ3v) is 2.44. The van der Waals surface area contributed by atoms with Crippen LogP contribution in [0.1, 0.15) is 45.2 Å². The zero-order chi connectivity index (χ0) is 14.3. The second-order valence-corrected chi connectivity index (χ2v) is 5.31. The van der Waals surface area contributed by atoms with E-state index in [1.54, 1.807) is 0 Å².